The van der Waals surface area contributed by atoms with E-state index in [1.165, 1.54) is 13.2 Å². The zero-order valence-corrected chi connectivity index (χ0v) is 13.4. The summed E-state index contributed by atoms with van der Waals surface area (Å²) in [5.74, 6) is -0.765. The van der Waals surface area contributed by atoms with Crippen LogP contribution in [0.25, 0.3) is 0 Å². The number of rotatable bonds is 4. The number of carboxylic acids is 1. The summed E-state index contributed by atoms with van der Waals surface area (Å²) in [6, 6.07) is 0. The van der Waals surface area contributed by atoms with E-state index in [0.29, 0.717) is 18.8 Å². The van der Waals surface area contributed by atoms with Crippen LogP contribution in [0.15, 0.2) is 11.2 Å². The van der Waals surface area contributed by atoms with Gasteiger partial charge in [0.2, 0.25) is 0 Å². The minimum Gasteiger partial charge on any atom is -0.480 e. The minimum absolute atomic E-state index is 0.0327. The van der Waals surface area contributed by atoms with Gasteiger partial charge in [0.25, 0.3) is 10.0 Å². The molecule has 2 rings (SSSR count). The standard InChI is InChI=1S/C12H18ClN3O4S/c1-8-3-5-12(6-4-8,11(17)18)15-21(19,20)10-9(13)7-14-16(10)2/h7-8,15H,3-6H2,1-2H3,(H,17,18). The second-order valence-electron chi connectivity index (χ2n) is 5.60. The molecule has 0 aromatic carbocycles. The van der Waals surface area contributed by atoms with Gasteiger partial charge in [0.05, 0.1) is 11.2 Å². The molecule has 0 amide bonds. The van der Waals surface area contributed by atoms with E-state index in [4.69, 9.17) is 11.6 Å². The molecule has 0 radical (unpaired) electrons. The van der Waals surface area contributed by atoms with Crippen LogP contribution in [0.3, 0.4) is 0 Å². The Kier molecular flexibility index (Phi) is 4.32. The van der Waals surface area contributed by atoms with E-state index >= 15 is 0 Å². The third kappa shape index (κ3) is 3.07. The van der Waals surface area contributed by atoms with Crippen molar-refractivity contribution < 1.29 is 18.3 Å². The fraction of sp³-hybridized carbons (Fsp3) is 0.667. The zero-order valence-electron chi connectivity index (χ0n) is 11.8. The molecular formula is C12H18ClN3O4S. The van der Waals surface area contributed by atoms with Gasteiger partial charge in [-0.1, -0.05) is 18.5 Å². The molecule has 0 bridgehead atoms. The van der Waals surface area contributed by atoms with Gasteiger partial charge in [-0.05, 0) is 31.6 Å². The molecule has 0 unspecified atom stereocenters. The molecule has 1 fully saturated rings. The molecule has 1 aromatic rings. The first-order valence-electron chi connectivity index (χ1n) is 6.63. The Morgan fingerprint density at radius 1 is 1.52 bits per heavy atom. The van der Waals surface area contributed by atoms with E-state index in [1.807, 2.05) is 6.92 Å². The molecule has 1 aliphatic carbocycles. The van der Waals surface area contributed by atoms with Crippen molar-refractivity contribution in [3.8, 4) is 0 Å². The van der Waals surface area contributed by atoms with Crippen LogP contribution in [0.1, 0.15) is 32.6 Å². The number of carbonyl (C=O) groups is 1. The van der Waals surface area contributed by atoms with Crippen molar-refractivity contribution in [2.24, 2.45) is 13.0 Å². The third-order valence-electron chi connectivity index (χ3n) is 3.96. The first-order chi connectivity index (χ1) is 9.68. The number of aromatic nitrogens is 2. The number of carboxylic acid groups (broad SMARTS) is 1. The lowest BCUT2D eigenvalue weighted by molar-refractivity contribution is -0.145. The Morgan fingerprint density at radius 2 is 2.10 bits per heavy atom. The SMILES string of the molecule is CC1CCC(NS(=O)(=O)c2c(Cl)cnn2C)(C(=O)O)CC1. The fourth-order valence-electron chi connectivity index (χ4n) is 2.62. The normalized spacial score (nSPS) is 26.7. The van der Waals surface area contributed by atoms with Gasteiger partial charge in [0.15, 0.2) is 5.03 Å². The van der Waals surface area contributed by atoms with Gasteiger partial charge in [-0.15, -0.1) is 0 Å². The molecule has 0 atom stereocenters. The molecule has 2 N–H and O–H groups in total. The van der Waals surface area contributed by atoms with Crippen LogP contribution in [0.2, 0.25) is 5.02 Å². The maximum absolute atomic E-state index is 12.5. The number of nitrogens with one attached hydrogen (secondary N) is 1. The van der Waals surface area contributed by atoms with E-state index in [2.05, 4.69) is 9.82 Å². The van der Waals surface area contributed by atoms with Gasteiger partial charge >= 0.3 is 5.97 Å². The van der Waals surface area contributed by atoms with Crippen LogP contribution in [0.5, 0.6) is 0 Å². The van der Waals surface area contributed by atoms with Gasteiger partial charge in [-0.2, -0.15) is 9.82 Å². The Hall–Kier alpha value is -1.12. The maximum Gasteiger partial charge on any atom is 0.324 e. The van der Waals surface area contributed by atoms with Gasteiger partial charge in [-0.3, -0.25) is 9.48 Å². The Bertz CT molecular complexity index is 628. The van der Waals surface area contributed by atoms with E-state index in [1.54, 1.807) is 0 Å². The average molecular weight is 336 g/mol. The molecule has 118 valence electrons. The molecule has 9 heteroatoms. The number of aryl methyl sites for hydroxylation is 1. The summed E-state index contributed by atoms with van der Waals surface area (Å²) >= 11 is 5.85. The molecular weight excluding hydrogens is 318 g/mol. The number of nitrogens with zero attached hydrogens (tertiary/aromatic N) is 2. The molecule has 0 spiro atoms. The van der Waals surface area contributed by atoms with Crippen LogP contribution in [0.4, 0.5) is 0 Å². The number of halogens is 1. The number of hydrogen-bond donors (Lipinski definition) is 2. The first-order valence-corrected chi connectivity index (χ1v) is 8.49. The molecule has 1 aliphatic rings. The number of sulfonamides is 1. The second-order valence-corrected chi connectivity index (χ2v) is 7.60. The van der Waals surface area contributed by atoms with Gasteiger partial charge in [-0.25, -0.2) is 8.42 Å². The lowest BCUT2D eigenvalue weighted by atomic mass is 9.78. The van der Waals surface area contributed by atoms with E-state index in [0.717, 1.165) is 4.68 Å². The summed E-state index contributed by atoms with van der Waals surface area (Å²) < 4.78 is 28.4. The monoisotopic (exact) mass is 335 g/mol. The van der Waals surface area contributed by atoms with E-state index in [9.17, 15) is 18.3 Å². The van der Waals surface area contributed by atoms with Crippen LogP contribution in [-0.2, 0) is 21.9 Å². The Morgan fingerprint density at radius 3 is 2.52 bits per heavy atom. The molecule has 1 aromatic heterocycles. The van der Waals surface area contributed by atoms with Crippen LogP contribution < -0.4 is 4.72 Å². The van der Waals surface area contributed by atoms with Crippen molar-refractivity contribution >= 4 is 27.6 Å². The summed E-state index contributed by atoms with van der Waals surface area (Å²) in [7, 11) is -2.62. The summed E-state index contributed by atoms with van der Waals surface area (Å²) in [6.45, 7) is 2.03. The minimum atomic E-state index is -4.06. The van der Waals surface area contributed by atoms with E-state index < -0.39 is 21.5 Å². The quantitative estimate of drug-likeness (QED) is 0.865. The van der Waals surface area contributed by atoms with Crippen molar-refractivity contribution in [2.45, 2.75) is 43.2 Å². The highest BCUT2D eigenvalue weighted by Crippen LogP contribution is 2.34. The second kappa shape index (κ2) is 5.58. The van der Waals surface area contributed by atoms with Crippen molar-refractivity contribution in [3.63, 3.8) is 0 Å². The topological polar surface area (TPSA) is 101 Å². The molecule has 0 saturated heterocycles. The highest BCUT2D eigenvalue weighted by molar-refractivity contribution is 7.89. The molecule has 1 heterocycles. The predicted octanol–water partition coefficient (Wildman–Crippen LogP) is 1.39. The molecule has 7 nitrogen and oxygen atoms in total. The maximum atomic E-state index is 12.5. The highest BCUT2D eigenvalue weighted by atomic mass is 35.5. The fourth-order valence-corrected chi connectivity index (χ4v) is 4.70. The molecule has 1 saturated carbocycles. The van der Waals surface area contributed by atoms with Gasteiger partial charge in [0, 0.05) is 7.05 Å². The van der Waals surface area contributed by atoms with Crippen molar-refractivity contribution in [1.82, 2.24) is 14.5 Å². The van der Waals surface area contributed by atoms with Crippen LogP contribution in [0, 0.1) is 5.92 Å². The molecule has 0 aliphatic heterocycles. The number of aliphatic carboxylic acids is 1. The number of hydrogen-bond acceptors (Lipinski definition) is 4. The van der Waals surface area contributed by atoms with Gasteiger partial charge in [0.1, 0.15) is 5.54 Å². The predicted molar refractivity (Wildman–Crippen MR) is 76.5 cm³/mol. The Balaban J connectivity index is 2.35. The third-order valence-corrected chi connectivity index (χ3v) is 6.01. The lowest BCUT2D eigenvalue weighted by Gasteiger charge is -2.36. The largest absolute Gasteiger partial charge is 0.480 e. The first kappa shape index (κ1) is 16.3. The van der Waals surface area contributed by atoms with Crippen molar-refractivity contribution in [2.75, 3.05) is 0 Å². The van der Waals surface area contributed by atoms with Gasteiger partial charge < -0.3 is 5.11 Å². The highest BCUT2D eigenvalue weighted by Gasteiger charge is 2.45. The van der Waals surface area contributed by atoms with Crippen LogP contribution >= 0.6 is 11.6 Å². The summed E-state index contributed by atoms with van der Waals surface area (Å²) in [6.07, 6.45) is 3.06. The Labute approximate surface area is 128 Å². The smallest absolute Gasteiger partial charge is 0.324 e. The summed E-state index contributed by atoms with van der Waals surface area (Å²) in [4.78, 5) is 11.6. The summed E-state index contributed by atoms with van der Waals surface area (Å²) in [5.41, 5.74) is -1.47. The zero-order chi connectivity index (χ0) is 15.8. The van der Waals surface area contributed by atoms with Crippen LogP contribution in [-0.4, -0.2) is 34.8 Å². The summed E-state index contributed by atoms with van der Waals surface area (Å²) in [5, 5.41) is 13.0. The van der Waals surface area contributed by atoms with Crippen molar-refractivity contribution in [1.29, 1.82) is 0 Å². The molecule has 21 heavy (non-hydrogen) atoms. The van der Waals surface area contributed by atoms with Crippen molar-refractivity contribution in [3.05, 3.63) is 11.2 Å². The lowest BCUT2D eigenvalue weighted by Crippen LogP contribution is -2.56. The average Bonchev–Trinajstić information content (AvgIpc) is 2.72. The van der Waals surface area contributed by atoms with E-state index in [-0.39, 0.29) is 22.9 Å².